The average molecular weight is 281 g/mol. The lowest BCUT2D eigenvalue weighted by Gasteiger charge is -2.13. The van der Waals surface area contributed by atoms with Gasteiger partial charge in [-0.15, -0.1) is 0 Å². The minimum Gasteiger partial charge on any atom is -0.328 e. The summed E-state index contributed by atoms with van der Waals surface area (Å²) in [5.41, 5.74) is 0.435. The zero-order valence-electron chi connectivity index (χ0n) is 7.43. The number of rotatable bonds is 2. The predicted octanol–water partition coefficient (Wildman–Crippen LogP) is 3.38. The molecule has 0 heterocycles. The van der Waals surface area contributed by atoms with Crippen molar-refractivity contribution in [3.8, 4) is 0 Å². The van der Waals surface area contributed by atoms with Gasteiger partial charge in [0.25, 0.3) is 0 Å². The van der Waals surface area contributed by atoms with Gasteiger partial charge in [0, 0.05) is 23.6 Å². The van der Waals surface area contributed by atoms with E-state index in [1.807, 2.05) is 0 Å². The third-order valence-electron chi connectivity index (χ3n) is 1.72. The van der Waals surface area contributed by atoms with E-state index in [1.165, 1.54) is 18.0 Å². The van der Waals surface area contributed by atoms with Gasteiger partial charge in [-0.2, -0.15) is 0 Å². The normalized spacial score (nSPS) is 10.0. The van der Waals surface area contributed by atoms with Gasteiger partial charge < -0.3 is 4.90 Å². The van der Waals surface area contributed by atoms with Crippen LogP contribution in [0.2, 0.25) is 0 Å². The second-order valence-corrected chi connectivity index (χ2v) is 4.08. The molecule has 0 bridgehead atoms. The second kappa shape index (κ2) is 4.75. The van der Waals surface area contributed by atoms with E-state index < -0.39 is 5.37 Å². The van der Waals surface area contributed by atoms with Crippen LogP contribution in [0.15, 0.2) is 22.7 Å². The zero-order valence-corrected chi connectivity index (χ0v) is 9.77. The first-order valence-electron chi connectivity index (χ1n) is 3.85. The maximum absolute atomic E-state index is 13.3. The Labute approximate surface area is 94.8 Å². The minimum absolute atomic E-state index is 0.168. The van der Waals surface area contributed by atoms with Gasteiger partial charge in [-0.3, -0.25) is 4.79 Å². The lowest BCUT2D eigenvalue weighted by atomic mass is 10.2. The zero-order chi connectivity index (χ0) is 10.7. The van der Waals surface area contributed by atoms with Crippen LogP contribution in [-0.4, -0.2) is 17.3 Å². The van der Waals surface area contributed by atoms with Gasteiger partial charge in [-0.1, -0.05) is 22.0 Å². The monoisotopic (exact) mass is 279 g/mol. The molecule has 0 aliphatic rings. The molecule has 0 saturated carbocycles. The van der Waals surface area contributed by atoms with Gasteiger partial charge in [0.05, 0.1) is 0 Å². The van der Waals surface area contributed by atoms with Crippen LogP contribution in [0.1, 0.15) is 5.56 Å². The molecule has 0 aliphatic carbocycles. The molecule has 0 spiro atoms. The topological polar surface area (TPSA) is 20.3 Å². The molecular formula is C9H8BrClFNO. The maximum Gasteiger partial charge on any atom is 0.316 e. The molecule has 0 aliphatic heterocycles. The lowest BCUT2D eigenvalue weighted by molar-refractivity contribution is 0.230. The highest BCUT2D eigenvalue weighted by Crippen LogP contribution is 2.16. The summed E-state index contributed by atoms with van der Waals surface area (Å²) in [6.07, 6.45) is 0. The van der Waals surface area contributed by atoms with Crippen LogP contribution < -0.4 is 0 Å². The van der Waals surface area contributed by atoms with Crippen molar-refractivity contribution in [3.63, 3.8) is 0 Å². The van der Waals surface area contributed by atoms with Crippen LogP contribution >= 0.6 is 27.5 Å². The highest BCUT2D eigenvalue weighted by molar-refractivity contribution is 9.10. The molecule has 2 nitrogen and oxygen atoms in total. The van der Waals surface area contributed by atoms with Gasteiger partial charge in [0.1, 0.15) is 5.82 Å². The molecule has 0 radical (unpaired) electrons. The van der Waals surface area contributed by atoms with Crippen LogP contribution in [0.3, 0.4) is 0 Å². The van der Waals surface area contributed by atoms with Crippen molar-refractivity contribution in [1.82, 2.24) is 4.90 Å². The molecule has 5 heteroatoms. The number of halogens is 3. The van der Waals surface area contributed by atoms with Gasteiger partial charge >= 0.3 is 5.37 Å². The Hall–Kier alpha value is -0.610. The molecule has 0 saturated heterocycles. The van der Waals surface area contributed by atoms with Crippen LogP contribution in [0.5, 0.6) is 0 Å². The Morgan fingerprint density at radius 2 is 2.29 bits per heavy atom. The van der Waals surface area contributed by atoms with E-state index in [0.29, 0.717) is 10.0 Å². The van der Waals surface area contributed by atoms with Crippen molar-refractivity contribution in [2.75, 3.05) is 7.05 Å². The van der Waals surface area contributed by atoms with Crippen molar-refractivity contribution < 1.29 is 9.18 Å². The van der Waals surface area contributed by atoms with Crippen molar-refractivity contribution in [3.05, 3.63) is 34.1 Å². The molecule has 14 heavy (non-hydrogen) atoms. The SMILES string of the molecule is CN(Cc1ccc(Br)cc1F)C(=O)Cl. The van der Waals surface area contributed by atoms with Crippen molar-refractivity contribution in [2.45, 2.75) is 6.54 Å². The standard InChI is InChI=1S/C9H8BrClFNO/c1-13(9(11)14)5-6-2-3-7(10)4-8(6)12/h2-4H,5H2,1H3. The van der Waals surface area contributed by atoms with Gasteiger partial charge in [0.15, 0.2) is 0 Å². The second-order valence-electron chi connectivity index (χ2n) is 2.84. The minimum atomic E-state index is -0.604. The summed E-state index contributed by atoms with van der Waals surface area (Å²) in [7, 11) is 1.51. The lowest BCUT2D eigenvalue weighted by Crippen LogP contribution is -2.20. The summed E-state index contributed by atoms with van der Waals surface area (Å²) >= 11 is 8.36. The third kappa shape index (κ3) is 2.96. The summed E-state index contributed by atoms with van der Waals surface area (Å²) in [5, 5.41) is -0.604. The number of carbonyl (C=O) groups is 1. The highest BCUT2D eigenvalue weighted by atomic mass is 79.9. The molecule has 0 unspecified atom stereocenters. The van der Waals surface area contributed by atoms with Gasteiger partial charge in [0.2, 0.25) is 0 Å². The molecule has 0 fully saturated rings. The fraction of sp³-hybridized carbons (Fsp3) is 0.222. The van der Waals surface area contributed by atoms with Gasteiger partial charge in [-0.25, -0.2) is 4.39 Å². The maximum atomic E-state index is 13.3. The molecule has 0 N–H and O–H groups in total. The number of carbonyl (C=O) groups excluding carboxylic acids is 1. The van der Waals surface area contributed by atoms with Crippen LogP contribution in [0.4, 0.5) is 9.18 Å². The number of nitrogens with zero attached hydrogens (tertiary/aromatic N) is 1. The summed E-state index contributed by atoms with van der Waals surface area (Å²) in [5.74, 6) is -0.357. The van der Waals surface area contributed by atoms with Gasteiger partial charge in [-0.05, 0) is 23.7 Å². The molecule has 1 amide bonds. The van der Waals surface area contributed by atoms with Crippen LogP contribution in [-0.2, 0) is 6.54 Å². The molecule has 76 valence electrons. The largest absolute Gasteiger partial charge is 0.328 e. The number of hydrogen-bond acceptors (Lipinski definition) is 1. The Kier molecular flexibility index (Phi) is 3.89. The Morgan fingerprint density at radius 1 is 1.64 bits per heavy atom. The Morgan fingerprint density at radius 3 is 2.79 bits per heavy atom. The highest BCUT2D eigenvalue weighted by Gasteiger charge is 2.09. The first kappa shape index (κ1) is 11.5. The van der Waals surface area contributed by atoms with Crippen LogP contribution in [0.25, 0.3) is 0 Å². The van der Waals surface area contributed by atoms with E-state index in [4.69, 9.17) is 11.6 Å². The van der Waals surface area contributed by atoms with E-state index >= 15 is 0 Å². The Bertz CT molecular complexity index is 359. The van der Waals surface area contributed by atoms with Crippen molar-refractivity contribution >= 4 is 32.9 Å². The Balaban J connectivity index is 2.82. The average Bonchev–Trinajstić information content (AvgIpc) is 2.09. The first-order chi connectivity index (χ1) is 6.50. The summed E-state index contributed by atoms with van der Waals surface area (Å²) < 4.78 is 13.9. The van der Waals surface area contributed by atoms with E-state index in [1.54, 1.807) is 12.1 Å². The molecule has 0 atom stereocenters. The molecule has 1 rings (SSSR count). The van der Waals surface area contributed by atoms with E-state index in [9.17, 15) is 9.18 Å². The van der Waals surface area contributed by atoms with Crippen molar-refractivity contribution in [2.24, 2.45) is 0 Å². The van der Waals surface area contributed by atoms with E-state index in [-0.39, 0.29) is 12.4 Å². The first-order valence-corrected chi connectivity index (χ1v) is 5.02. The molecule has 1 aromatic rings. The molecular weight excluding hydrogens is 272 g/mol. The van der Waals surface area contributed by atoms with E-state index in [2.05, 4.69) is 15.9 Å². The third-order valence-corrected chi connectivity index (χ3v) is 2.50. The summed E-state index contributed by atoms with van der Waals surface area (Å²) in [6, 6.07) is 4.67. The fourth-order valence-electron chi connectivity index (χ4n) is 0.968. The molecule has 0 aromatic heterocycles. The number of benzene rings is 1. The summed E-state index contributed by atoms with van der Waals surface area (Å²) in [4.78, 5) is 11.9. The summed E-state index contributed by atoms with van der Waals surface area (Å²) in [6.45, 7) is 0.168. The predicted molar refractivity (Wildman–Crippen MR) is 56.8 cm³/mol. The number of hydrogen-bond donors (Lipinski definition) is 0. The van der Waals surface area contributed by atoms with Crippen LogP contribution in [0, 0.1) is 5.82 Å². The molecule has 1 aromatic carbocycles. The van der Waals surface area contributed by atoms with E-state index in [0.717, 1.165) is 0 Å². The quantitative estimate of drug-likeness (QED) is 0.601. The smallest absolute Gasteiger partial charge is 0.316 e. The van der Waals surface area contributed by atoms with Crippen molar-refractivity contribution in [1.29, 1.82) is 0 Å². The fourth-order valence-corrected chi connectivity index (χ4v) is 1.36. The number of amides is 1.